The predicted molar refractivity (Wildman–Crippen MR) is 70.1 cm³/mol. The number of anilines is 3. The molecule has 0 fully saturated rings. The van der Waals surface area contributed by atoms with Crippen LogP contribution in [0.15, 0.2) is 36.4 Å². The average Bonchev–Trinajstić information content (AvgIpc) is 2.34. The molecule has 0 aliphatic heterocycles. The van der Waals surface area contributed by atoms with Crippen molar-refractivity contribution in [3.05, 3.63) is 47.7 Å². The van der Waals surface area contributed by atoms with E-state index >= 15 is 0 Å². The monoisotopic (exact) mass is 243 g/mol. The van der Waals surface area contributed by atoms with Crippen LogP contribution in [0, 0.1) is 6.92 Å². The summed E-state index contributed by atoms with van der Waals surface area (Å²) in [6.07, 6.45) is 0. The molecule has 1 aromatic carbocycles. The van der Waals surface area contributed by atoms with E-state index in [1.54, 1.807) is 30.3 Å². The van der Waals surface area contributed by atoms with Crippen molar-refractivity contribution >= 4 is 23.2 Å². The first-order valence-electron chi connectivity index (χ1n) is 5.40. The van der Waals surface area contributed by atoms with E-state index in [1.807, 2.05) is 6.92 Å². The van der Waals surface area contributed by atoms with Gasteiger partial charge in [0.05, 0.1) is 16.9 Å². The number of aromatic nitrogens is 1. The number of pyridine rings is 1. The van der Waals surface area contributed by atoms with Gasteiger partial charge in [0.1, 0.15) is 5.82 Å². The maximum atomic E-state index is 10.8. The van der Waals surface area contributed by atoms with Gasteiger partial charge in [0.2, 0.25) is 0 Å². The third kappa shape index (κ3) is 2.57. The van der Waals surface area contributed by atoms with Gasteiger partial charge in [-0.2, -0.15) is 0 Å². The van der Waals surface area contributed by atoms with Gasteiger partial charge in [0.15, 0.2) is 0 Å². The molecule has 5 nitrogen and oxygen atoms in total. The molecule has 92 valence electrons. The second-order valence-corrected chi connectivity index (χ2v) is 3.88. The zero-order valence-electron chi connectivity index (χ0n) is 9.84. The minimum absolute atomic E-state index is 0.229. The van der Waals surface area contributed by atoms with Crippen molar-refractivity contribution in [3.8, 4) is 0 Å². The van der Waals surface area contributed by atoms with Gasteiger partial charge >= 0.3 is 5.97 Å². The van der Waals surface area contributed by atoms with Gasteiger partial charge in [0.25, 0.3) is 0 Å². The maximum Gasteiger partial charge on any atom is 0.335 e. The number of carboxylic acid groups (broad SMARTS) is 1. The van der Waals surface area contributed by atoms with Crippen LogP contribution in [0.25, 0.3) is 0 Å². The molecule has 0 bridgehead atoms. The van der Waals surface area contributed by atoms with E-state index in [1.165, 1.54) is 6.07 Å². The highest BCUT2D eigenvalue weighted by Gasteiger charge is 2.04. The van der Waals surface area contributed by atoms with Crippen LogP contribution in [0.1, 0.15) is 16.1 Å². The van der Waals surface area contributed by atoms with E-state index in [9.17, 15) is 4.79 Å². The number of carbonyl (C=O) groups is 1. The maximum absolute atomic E-state index is 10.8. The number of nitrogens with two attached hydrogens (primary N) is 1. The molecule has 1 aromatic heterocycles. The Hall–Kier alpha value is -2.56. The standard InChI is InChI=1S/C13H13N3O2/c1-8-11(14)5-6-12(15-8)16-10-4-2-3-9(7-10)13(17)18/h2-7H,14H2,1H3,(H,15,16)(H,17,18). The van der Waals surface area contributed by atoms with E-state index < -0.39 is 5.97 Å². The molecule has 0 saturated carbocycles. The van der Waals surface area contributed by atoms with Crippen LogP contribution in [-0.2, 0) is 0 Å². The smallest absolute Gasteiger partial charge is 0.335 e. The van der Waals surface area contributed by atoms with Crippen molar-refractivity contribution in [2.75, 3.05) is 11.1 Å². The fourth-order valence-electron chi connectivity index (χ4n) is 1.52. The zero-order chi connectivity index (χ0) is 13.1. The fraction of sp³-hybridized carbons (Fsp3) is 0.0769. The predicted octanol–water partition coefficient (Wildman–Crippen LogP) is 2.41. The summed E-state index contributed by atoms with van der Waals surface area (Å²) in [6.45, 7) is 1.81. The molecule has 0 amide bonds. The molecule has 0 saturated heterocycles. The van der Waals surface area contributed by atoms with Gasteiger partial charge in [0, 0.05) is 5.69 Å². The number of benzene rings is 1. The molecule has 0 spiro atoms. The Balaban J connectivity index is 2.25. The topological polar surface area (TPSA) is 88.2 Å². The third-order valence-corrected chi connectivity index (χ3v) is 2.51. The summed E-state index contributed by atoms with van der Waals surface area (Å²) in [5, 5.41) is 11.9. The molecule has 0 radical (unpaired) electrons. The number of hydrogen-bond acceptors (Lipinski definition) is 4. The molecule has 1 heterocycles. The highest BCUT2D eigenvalue weighted by molar-refractivity contribution is 5.89. The summed E-state index contributed by atoms with van der Waals surface area (Å²) in [5.41, 5.74) is 7.94. The lowest BCUT2D eigenvalue weighted by Crippen LogP contribution is -2.00. The molecule has 0 unspecified atom stereocenters. The Morgan fingerprint density at radius 3 is 2.78 bits per heavy atom. The van der Waals surface area contributed by atoms with Crippen LogP contribution in [0.2, 0.25) is 0 Å². The number of carboxylic acids is 1. The first kappa shape index (κ1) is 11.9. The van der Waals surface area contributed by atoms with E-state index in [-0.39, 0.29) is 5.56 Å². The second-order valence-electron chi connectivity index (χ2n) is 3.88. The molecule has 0 atom stereocenters. The second kappa shape index (κ2) is 4.75. The normalized spacial score (nSPS) is 10.1. The summed E-state index contributed by atoms with van der Waals surface area (Å²) in [4.78, 5) is 15.1. The van der Waals surface area contributed by atoms with Crippen molar-refractivity contribution in [3.63, 3.8) is 0 Å². The Kier molecular flexibility index (Phi) is 3.14. The molecular weight excluding hydrogens is 230 g/mol. The van der Waals surface area contributed by atoms with E-state index in [4.69, 9.17) is 10.8 Å². The van der Waals surface area contributed by atoms with Gasteiger partial charge in [-0.25, -0.2) is 9.78 Å². The number of hydrogen-bond donors (Lipinski definition) is 3. The molecule has 2 rings (SSSR count). The summed E-state index contributed by atoms with van der Waals surface area (Å²) in [7, 11) is 0. The zero-order valence-corrected chi connectivity index (χ0v) is 9.84. The number of nitrogen functional groups attached to an aromatic ring is 1. The Morgan fingerprint density at radius 2 is 2.11 bits per heavy atom. The summed E-state index contributed by atoms with van der Waals surface area (Å²) < 4.78 is 0. The average molecular weight is 243 g/mol. The number of nitrogens with one attached hydrogen (secondary N) is 1. The van der Waals surface area contributed by atoms with Crippen molar-refractivity contribution in [2.45, 2.75) is 6.92 Å². The van der Waals surface area contributed by atoms with Crippen molar-refractivity contribution in [1.29, 1.82) is 0 Å². The Labute approximate surface area is 104 Å². The fourth-order valence-corrected chi connectivity index (χ4v) is 1.52. The lowest BCUT2D eigenvalue weighted by Gasteiger charge is -2.08. The van der Waals surface area contributed by atoms with Gasteiger partial charge in [-0.15, -0.1) is 0 Å². The lowest BCUT2D eigenvalue weighted by molar-refractivity contribution is 0.0697. The van der Waals surface area contributed by atoms with E-state index in [0.717, 1.165) is 5.69 Å². The molecule has 0 aliphatic rings. The number of rotatable bonds is 3. The summed E-state index contributed by atoms with van der Waals surface area (Å²) >= 11 is 0. The van der Waals surface area contributed by atoms with Crippen LogP contribution in [0.5, 0.6) is 0 Å². The van der Waals surface area contributed by atoms with Crippen LogP contribution in [0.4, 0.5) is 17.2 Å². The molecule has 18 heavy (non-hydrogen) atoms. The minimum atomic E-state index is -0.958. The minimum Gasteiger partial charge on any atom is -0.478 e. The summed E-state index contributed by atoms with van der Waals surface area (Å²) in [6, 6.07) is 10.0. The van der Waals surface area contributed by atoms with Gasteiger partial charge in [-0.05, 0) is 37.3 Å². The van der Waals surface area contributed by atoms with Gasteiger partial charge < -0.3 is 16.2 Å². The van der Waals surface area contributed by atoms with Gasteiger partial charge in [-0.3, -0.25) is 0 Å². The van der Waals surface area contributed by atoms with Crippen molar-refractivity contribution in [2.24, 2.45) is 0 Å². The number of aryl methyl sites for hydroxylation is 1. The molecular formula is C13H13N3O2. The largest absolute Gasteiger partial charge is 0.478 e. The molecule has 5 heteroatoms. The molecule has 2 aromatic rings. The number of nitrogens with zero attached hydrogens (tertiary/aromatic N) is 1. The van der Waals surface area contributed by atoms with E-state index in [2.05, 4.69) is 10.3 Å². The van der Waals surface area contributed by atoms with E-state index in [0.29, 0.717) is 17.2 Å². The first-order chi connectivity index (χ1) is 8.56. The van der Waals surface area contributed by atoms with Crippen molar-refractivity contribution in [1.82, 2.24) is 4.98 Å². The van der Waals surface area contributed by atoms with Crippen LogP contribution in [0.3, 0.4) is 0 Å². The van der Waals surface area contributed by atoms with Crippen LogP contribution >= 0.6 is 0 Å². The molecule has 0 aliphatic carbocycles. The van der Waals surface area contributed by atoms with Crippen LogP contribution in [-0.4, -0.2) is 16.1 Å². The first-order valence-corrected chi connectivity index (χ1v) is 5.40. The Bertz CT molecular complexity index is 597. The van der Waals surface area contributed by atoms with Gasteiger partial charge in [-0.1, -0.05) is 6.07 Å². The van der Waals surface area contributed by atoms with Crippen molar-refractivity contribution < 1.29 is 9.90 Å². The Morgan fingerprint density at radius 1 is 1.33 bits per heavy atom. The number of aromatic carboxylic acids is 1. The summed E-state index contributed by atoms with van der Waals surface area (Å²) in [5.74, 6) is -0.329. The lowest BCUT2D eigenvalue weighted by atomic mass is 10.2. The molecule has 4 N–H and O–H groups in total. The highest BCUT2D eigenvalue weighted by atomic mass is 16.4. The quantitative estimate of drug-likeness (QED) is 0.770. The van der Waals surface area contributed by atoms with Crippen LogP contribution < -0.4 is 11.1 Å². The third-order valence-electron chi connectivity index (χ3n) is 2.51. The highest BCUT2D eigenvalue weighted by Crippen LogP contribution is 2.18. The SMILES string of the molecule is Cc1nc(Nc2cccc(C(=O)O)c2)ccc1N.